The summed E-state index contributed by atoms with van der Waals surface area (Å²) in [5, 5.41) is 8.04. The molecule has 0 spiro atoms. The minimum Gasteiger partial charge on any atom is -0.469 e. The number of carbonyl (C=O) groups is 1. The highest BCUT2D eigenvalue weighted by atomic mass is 32.2. The standard InChI is InChI=1S/C18H19N3O3S/c1-11-6-5-7-14(10-11)21(4)17(22)13(3)25-18-20-19-16(24-18)15-8-9-23-12(15)2/h5-10,13H,1-4H3/t13-/m0/s1. The molecule has 3 aromatic rings. The van der Waals surface area contributed by atoms with Crippen LogP contribution in [0.5, 0.6) is 0 Å². The van der Waals surface area contributed by atoms with Gasteiger partial charge in [0, 0.05) is 12.7 Å². The second-order valence-electron chi connectivity index (χ2n) is 5.76. The van der Waals surface area contributed by atoms with E-state index < -0.39 is 0 Å². The maximum atomic E-state index is 12.6. The van der Waals surface area contributed by atoms with Crippen LogP contribution in [-0.2, 0) is 4.79 Å². The molecule has 0 aliphatic carbocycles. The number of carbonyl (C=O) groups excluding carboxylic acids is 1. The van der Waals surface area contributed by atoms with E-state index in [2.05, 4.69) is 10.2 Å². The Morgan fingerprint density at radius 3 is 2.72 bits per heavy atom. The largest absolute Gasteiger partial charge is 0.469 e. The molecule has 1 atom stereocenters. The summed E-state index contributed by atoms with van der Waals surface area (Å²) < 4.78 is 10.9. The first-order chi connectivity index (χ1) is 12.0. The summed E-state index contributed by atoms with van der Waals surface area (Å²) in [6.07, 6.45) is 1.57. The van der Waals surface area contributed by atoms with Crippen molar-refractivity contribution in [2.45, 2.75) is 31.2 Å². The molecule has 0 aliphatic rings. The molecule has 7 heteroatoms. The number of benzene rings is 1. The minimum atomic E-state index is -0.357. The molecule has 0 radical (unpaired) electrons. The molecule has 1 aromatic carbocycles. The van der Waals surface area contributed by atoms with Gasteiger partial charge in [-0.1, -0.05) is 23.9 Å². The molecular formula is C18H19N3O3S. The summed E-state index contributed by atoms with van der Waals surface area (Å²) in [5.41, 5.74) is 2.72. The highest BCUT2D eigenvalue weighted by molar-refractivity contribution is 8.00. The molecule has 2 heterocycles. The predicted molar refractivity (Wildman–Crippen MR) is 96.6 cm³/mol. The summed E-state index contributed by atoms with van der Waals surface area (Å²) in [5.74, 6) is 1.07. The topological polar surface area (TPSA) is 72.4 Å². The van der Waals surface area contributed by atoms with Crippen LogP contribution in [0.2, 0.25) is 0 Å². The van der Waals surface area contributed by atoms with Gasteiger partial charge in [-0.25, -0.2) is 0 Å². The van der Waals surface area contributed by atoms with Crippen LogP contribution in [0.3, 0.4) is 0 Å². The Balaban J connectivity index is 1.69. The van der Waals surface area contributed by atoms with Crippen LogP contribution in [0, 0.1) is 13.8 Å². The van der Waals surface area contributed by atoms with E-state index in [1.165, 1.54) is 11.8 Å². The third kappa shape index (κ3) is 3.76. The van der Waals surface area contributed by atoms with Gasteiger partial charge in [0.25, 0.3) is 11.1 Å². The Kier molecular flexibility index (Phi) is 4.94. The normalized spacial score (nSPS) is 12.2. The van der Waals surface area contributed by atoms with E-state index in [1.54, 1.807) is 24.3 Å². The van der Waals surface area contributed by atoms with Crippen LogP contribution >= 0.6 is 11.8 Å². The van der Waals surface area contributed by atoms with E-state index in [4.69, 9.17) is 8.83 Å². The van der Waals surface area contributed by atoms with E-state index >= 15 is 0 Å². The molecule has 0 aliphatic heterocycles. The van der Waals surface area contributed by atoms with Crippen LogP contribution < -0.4 is 4.90 Å². The molecule has 0 bridgehead atoms. The Hall–Kier alpha value is -2.54. The Bertz CT molecular complexity index is 887. The molecule has 130 valence electrons. The van der Waals surface area contributed by atoms with E-state index in [9.17, 15) is 4.79 Å². The van der Waals surface area contributed by atoms with Crippen molar-refractivity contribution in [3.05, 3.63) is 47.9 Å². The van der Waals surface area contributed by atoms with Gasteiger partial charge in [-0.2, -0.15) is 0 Å². The van der Waals surface area contributed by atoms with Gasteiger partial charge in [-0.05, 0) is 44.5 Å². The molecule has 0 unspecified atom stereocenters. The van der Waals surface area contributed by atoms with Crippen molar-refractivity contribution in [1.82, 2.24) is 10.2 Å². The summed E-state index contributed by atoms with van der Waals surface area (Å²) >= 11 is 1.24. The highest BCUT2D eigenvalue weighted by Crippen LogP contribution is 2.29. The molecule has 3 rings (SSSR count). The van der Waals surface area contributed by atoms with Gasteiger partial charge in [-0.3, -0.25) is 4.79 Å². The molecule has 0 fully saturated rings. The Morgan fingerprint density at radius 2 is 2.04 bits per heavy atom. The third-order valence-corrected chi connectivity index (χ3v) is 4.76. The van der Waals surface area contributed by atoms with Gasteiger partial charge in [0.05, 0.1) is 17.1 Å². The van der Waals surface area contributed by atoms with Crippen LogP contribution in [-0.4, -0.2) is 28.4 Å². The first-order valence-corrected chi connectivity index (χ1v) is 8.72. The lowest BCUT2D eigenvalue weighted by atomic mass is 10.2. The van der Waals surface area contributed by atoms with Gasteiger partial charge in [0.15, 0.2) is 0 Å². The zero-order chi connectivity index (χ0) is 18.0. The van der Waals surface area contributed by atoms with Crippen molar-refractivity contribution in [2.75, 3.05) is 11.9 Å². The number of thioether (sulfide) groups is 1. The summed E-state index contributed by atoms with van der Waals surface area (Å²) in [7, 11) is 1.77. The van der Waals surface area contributed by atoms with E-state index in [1.807, 2.05) is 45.0 Å². The summed E-state index contributed by atoms with van der Waals surface area (Å²) in [4.78, 5) is 14.3. The number of aryl methyl sites for hydroxylation is 2. The van der Waals surface area contributed by atoms with Crippen molar-refractivity contribution < 1.29 is 13.6 Å². The molecule has 1 amide bonds. The predicted octanol–water partition coefficient (Wildman–Crippen LogP) is 4.09. The lowest BCUT2D eigenvalue weighted by Gasteiger charge is -2.20. The lowest BCUT2D eigenvalue weighted by Crippen LogP contribution is -2.33. The fourth-order valence-corrected chi connectivity index (χ4v) is 3.19. The van der Waals surface area contributed by atoms with Crippen molar-refractivity contribution in [2.24, 2.45) is 0 Å². The second-order valence-corrected chi connectivity index (χ2v) is 7.05. The smallest absolute Gasteiger partial charge is 0.277 e. The number of aromatic nitrogens is 2. The number of nitrogens with zero attached hydrogens (tertiary/aromatic N) is 3. The molecule has 0 N–H and O–H groups in total. The molecule has 0 saturated carbocycles. The van der Waals surface area contributed by atoms with Crippen molar-refractivity contribution >= 4 is 23.4 Å². The van der Waals surface area contributed by atoms with E-state index in [-0.39, 0.29) is 11.2 Å². The van der Waals surface area contributed by atoms with Crippen molar-refractivity contribution in [3.63, 3.8) is 0 Å². The Morgan fingerprint density at radius 1 is 1.24 bits per heavy atom. The van der Waals surface area contributed by atoms with Gasteiger partial charge in [0.1, 0.15) is 5.76 Å². The van der Waals surface area contributed by atoms with E-state index in [0.717, 1.165) is 16.8 Å². The maximum Gasteiger partial charge on any atom is 0.277 e. The minimum absolute atomic E-state index is 0.0326. The van der Waals surface area contributed by atoms with Gasteiger partial charge < -0.3 is 13.7 Å². The average molecular weight is 357 g/mol. The number of amides is 1. The third-order valence-electron chi connectivity index (χ3n) is 3.84. The van der Waals surface area contributed by atoms with Gasteiger partial charge in [-0.15, -0.1) is 10.2 Å². The van der Waals surface area contributed by atoms with Crippen molar-refractivity contribution in [3.8, 4) is 11.5 Å². The first-order valence-electron chi connectivity index (χ1n) is 7.84. The number of furan rings is 1. The highest BCUT2D eigenvalue weighted by Gasteiger charge is 2.23. The molecule has 6 nitrogen and oxygen atoms in total. The summed E-state index contributed by atoms with van der Waals surface area (Å²) in [6, 6.07) is 9.59. The van der Waals surface area contributed by atoms with Crippen LogP contribution in [0.15, 0.2) is 50.7 Å². The van der Waals surface area contributed by atoms with E-state index in [0.29, 0.717) is 16.9 Å². The number of anilines is 1. The zero-order valence-corrected chi connectivity index (χ0v) is 15.3. The first kappa shape index (κ1) is 17.3. The monoisotopic (exact) mass is 357 g/mol. The fourth-order valence-electron chi connectivity index (χ4n) is 2.41. The number of hydrogen-bond acceptors (Lipinski definition) is 6. The molecule has 2 aromatic heterocycles. The molecular weight excluding hydrogens is 338 g/mol. The second kappa shape index (κ2) is 7.14. The quantitative estimate of drug-likeness (QED) is 0.641. The molecule has 0 saturated heterocycles. The van der Waals surface area contributed by atoms with Gasteiger partial charge >= 0.3 is 0 Å². The molecule has 25 heavy (non-hydrogen) atoms. The van der Waals surface area contributed by atoms with Crippen LogP contribution in [0.1, 0.15) is 18.2 Å². The number of rotatable bonds is 5. The fraction of sp³-hybridized carbons (Fsp3) is 0.278. The van der Waals surface area contributed by atoms with Gasteiger partial charge in [0.2, 0.25) is 5.91 Å². The van der Waals surface area contributed by atoms with Crippen LogP contribution in [0.25, 0.3) is 11.5 Å². The Labute approximate surface area is 150 Å². The maximum absolute atomic E-state index is 12.6. The van der Waals surface area contributed by atoms with Crippen molar-refractivity contribution in [1.29, 1.82) is 0 Å². The average Bonchev–Trinajstić information content (AvgIpc) is 3.22. The lowest BCUT2D eigenvalue weighted by molar-refractivity contribution is -0.117. The summed E-state index contributed by atoms with van der Waals surface area (Å²) in [6.45, 7) is 5.65. The SMILES string of the molecule is Cc1cccc(N(C)C(=O)[C@H](C)Sc2nnc(-c3ccoc3C)o2)c1. The van der Waals surface area contributed by atoms with Crippen LogP contribution in [0.4, 0.5) is 5.69 Å². The number of hydrogen-bond donors (Lipinski definition) is 0. The zero-order valence-electron chi connectivity index (χ0n) is 14.5.